The Labute approximate surface area is 171 Å². The summed E-state index contributed by atoms with van der Waals surface area (Å²) in [4.78, 5) is 19.0. The van der Waals surface area contributed by atoms with Gasteiger partial charge in [-0.25, -0.2) is 9.37 Å². The minimum Gasteiger partial charge on any atom is -0.497 e. The quantitative estimate of drug-likeness (QED) is 0.678. The Bertz CT molecular complexity index is 993. The first-order valence-corrected chi connectivity index (χ1v) is 10.0. The average Bonchev–Trinajstić information content (AvgIpc) is 3.22. The summed E-state index contributed by atoms with van der Waals surface area (Å²) in [5.41, 5.74) is 1.68. The lowest BCUT2D eigenvalue weighted by Gasteiger charge is -2.32. The molecule has 6 nitrogen and oxygen atoms in total. The van der Waals surface area contributed by atoms with E-state index in [1.54, 1.807) is 35.6 Å². The highest BCUT2D eigenvalue weighted by atomic mass is 32.1. The summed E-state index contributed by atoms with van der Waals surface area (Å²) in [6.07, 6.45) is -0.482. The SMILES string of the molecule is COc1ccc(Nc2nc(C(=O)N3CCO[C@@H](c4ccccc4F)C3)cs2)cc1. The van der Waals surface area contributed by atoms with Crippen molar-refractivity contribution in [3.8, 4) is 5.75 Å². The number of amides is 1. The lowest BCUT2D eigenvalue weighted by molar-refractivity contribution is -0.0244. The van der Waals surface area contributed by atoms with E-state index in [4.69, 9.17) is 9.47 Å². The Balaban J connectivity index is 1.43. The van der Waals surface area contributed by atoms with Gasteiger partial charge in [-0.3, -0.25) is 4.79 Å². The highest BCUT2D eigenvalue weighted by Gasteiger charge is 2.28. The molecule has 2 heterocycles. The summed E-state index contributed by atoms with van der Waals surface area (Å²) in [6.45, 7) is 1.09. The van der Waals surface area contributed by atoms with Crippen molar-refractivity contribution in [3.63, 3.8) is 0 Å². The Morgan fingerprint density at radius 1 is 1.28 bits per heavy atom. The van der Waals surface area contributed by atoms with Gasteiger partial charge < -0.3 is 19.7 Å². The molecule has 4 rings (SSSR count). The smallest absolute Gasteiger partial charge is 0.273 e. The zero-order chi connectivity index (χ0) is 20.2. The van der Waals surface area contributed by atoms with Crippen molar-refractivity contribution < 1.29 is 18.7 Å². The lowest BCUT2D eigenvalue weighted by atomic mass is 10.1. The number of ether oxygens (including phenoxy) is 2. The van der Waals surface area contributed by atoms with Crippen LogP contribution in [0, 0.1) is 5.82 Å². The molecule has 0 radical (unpaired) electrons. The van der Waals surface area contributed by atoms with E-state index in [-0.39, 0.29) is 11.7 Å². The minimum atomic E-state index is -0.482. The van der Waals surface area contributed by atoms with E-state index in [1.807, 2.05) is 24.3 Å². The van der Waals surface area contributed by atoms with E-state index in [9.17, 15) is 9.18 Å². The minimum absolute atomic E-state index is 0.186. The molecule has 1 aromatic heterocycles. The summed E-state index contributed by atoms with van der Waals surface area (Å²) in [6, 6.07) is 13.9. The van der Waals surface area contributed by atoms with Crippen molar-refractivity contribution in [2.45, 2.75) is 6.10 Å². The number of thiazole rings is 1. The van der Waals surface area contributed by atoms with Crippen LogP contribution in [0.2, 0.25) is 0 Å². The van der Waals surface area contributed by atoms with Crippen molar-refractivity contribution >= 4 is 28.1 Å². The van der Waals surface area contributed by atoms with Gasteiger partial charge in [0.2, 0.25) is 0 Å². The number of anilines is 2. The van der Waals surface area contributed by atoms with Crippen molar-refractivity contribution in [2.24, 2.45) is 0 Å². The van der Waals surface area contributed by atoms with Gasteiger partial charge in [0.1, 0.15) is 23.4 Å². The molecule has 1 aliphatic rings. The Hall–Kier alpha value is -2.97. The first-order chi connectivity index (χ1) is 14.1. The third kappa shape index (κ3) is 4.38. The predicted molar refractivity (Wildman–Crippen MR) is 109 cm³/mol. The van der Waals surface area contributed by atoms with E-state index < -0.39 is 6.10 Å². The van der Waals surface area contributed by atoms with Crippen LogP contribution in [0.25, 0.3) is 0 Å². The largest absolute Gasteiger partial charge is 0.497 e. The molecule has 8 heteroatoms. The molecule has 0 bridgehead atoms. The number of rotatable bonds is 5. The average molecular weight is 413 g/mol. The third-order valence-electron chi connectivity index (χ3n) is 4.67. The number of hydrogen-bond acceptors (Lipinski definition) is 6. The van der Waals surface area contributed by atoms with Gasteiger partial charge in [0, 0.05) is 23.2 Å². The summed E-state index contributed by atoms with van der Waals surface area (Å²) in [5, 5.41) is 5.53. The van der Waals surface area contributed by atoms with Crippen LogP contribution >= 0.6 is 11.3 Å². The highest BCUT2D eigenvalue weighted by Crippen LogP contribution is 2.27. The molecular weight excluding hydrogens is 393 g/mol. The topological polar surface area (TPSA) is 63.7 Å². The van der Waals surface area contributed by atoms with Crippen LogP contribution in [-0.2, 0) is 4.74 Å². The van der Waals surface area contributed by atoms with Gasteiger partial charge in [0.05, 0.1) is 20.3 Å². The third-order valence-corrected chi connectivity index (χ3v) is 5.43. The number of carbonyl (C=O) groups excluding carboxylic acids is 1. The number of aromatic nitrogens is 1. The number of nitrogens with one attached hydrogen (secondary N) is 1. The molecule has 1 saturated heterocycles. The monoisotopic (exact) mass is 413 g/mol. The van der Waals surface area contributed by atoms with Crippen LogP contribution in [0.1, 0.15) is 22.2 Å². The van der Waals surface area contributed by atoms with Gasteiger partial charge >= 0.3 is 0 Å². The number of halogens is 1. The van der Waals surface area contributed by atoms with Crippen LogP contribution in [-0.4, -0.2) is 42.6 Å². The maximum absolute atomic E-state index is 14.1. The molecule has 0 saturated carbocycles. The van der Waals surface area contributed by atoms with E-state index in [1.165, 1.54) is 17.4 Å². The van der Waals surface area contributed by atoms with Crippen LogP contribution in [0.5, 0.6) is 5.75 Å². The maximum Gasteiger partial charge on any atom is 0.273 e. The normalized spacial score (nSPS) is 16.5. The van der Waals surface area contributed by atoms with E-state index in [2.05, 4.69) is 10.3 Å². The molecule has 1 amide bonds. The maximum atomic E-state index is 14.1. The number of morpholine rings is 1. The standard InChI is InChI=1S/C21H20FN3O3S/c1-27-15-8-6-14(7-9-15)23-21-24-18(13-29-21)20(26)25-10-11-28-19(12-25)16-4-2-3-5-17(16)22/h2-9,13,19H,10-12H2,1H3,(H,23,24)/t19-/m1/s1. The van der Waals surface area contributed by atoms with Gasteiger partial charge in [0.25, 0.3) is 5.91 Å². The fraction of sp³-hybridized carbons (Fsp3) is 0.238. The second kappa shape index (κ2) is 8.59. The highest BCUT2D eigenvalue weighted by molar-refractivity contribution is 7.14. The predicted octanol–water partition coefficient (Wildman–Crippen LogP) is 4.25. The number of carbonyl (C=O) groups is 1. The van der Waals surface area contributed by atoms with Crippen molar-refractivity contribution in [2.75, 3.05) is 32.1 Å². The molecule has 1 aliphatic heterocycles. The van der Waals surface area contributed by atoms with Crippen molar-refractivity contribution in [1.82, 2.24) is 9.88 Å². The molecule has 1 atom stereocenters. The summed E-state index contributed by atoms with van der Waals surface area (Å²) in [5.74, 6) is 0.252. The molecule has 3 aromatic rings. The van der Waals surface area contributed by atoms with Crippen LogP contribution in [0.3, 0.4) is 0 Å². The summed E-state index contributed by atoms with van der Waals surface area (Å²) in [7, 11) is 1.61. The van der Waals surface area contributed by atoms with Gasteiger partial charge in [-0.1, -0.05) is 18.2 Å². The van der Waals surface area contributed by atoms with Crippen LogP contribution in [0.15, 0.2) is 53.9 Å². The Kier molecular flexibility index (Phi) is 5.73. The van der Waals surface area contributed by atoms with Gasteiger partial charge in [0.15, 0.2) is 5.13 Å². The van der Waals surface area contributed by atoms with Gasteiger partial charge in [-0.05, 0) is 30.3 Å². The first kappa shape index (κ1) is 19.4. The van der Waals surface area contributed by atoms with E-state index in [0.717, 1.165) is 11.4 Å². The van der Waals surface area contributed by atoms with E-state index in [0.29, 0.717) is 36.1 Å². The Morgan fingerprint density at radius 3 is 2.83 bits per heavy atom. The van der Waals surface area contributed by atoms with Crippen molar-refractivity contribution in [1.29, 1.82) is 0 Å². The molecule has 1 fully saturated rings. The molecule has 29 heavy (non-hydrogen) atoms. The van der Waals surface area contributed by atoms with Crippen LogP contribution in [0.4, 0.5) is 15.2 Å². The van der Waals surface area contributed by atoms with Gasteiger partial charge in [-0.15, -0.1) is 11.3 Å². The van der Waals surface area contributed by atoms with Crippen LogP contribution < -0.4 is 10.1 Å². The fourth-order valence-electron chi connectivity index (χ4n) is 3.15. The molecule has 0 spiro atoms. The Morgan fingerprint density at radius 2 is 2.07 bits per heavy atom. The van der Waals surface area contributed by atoms with Gasteiger partial charge in [-0.2, -0.15) is 0 Å². The molecular formula is C21H20FN3O3S. The second-order valence-electron chi connectivity index (χ2n) is 6.52. The number of methoxy groups -OCH3 is 1. The number of benzene rings is 2. The molecule has 0 unspecified atom stereocenters. The molecule has 0 aliphatic carbocycles. The lowest BCUT2D eigenvalue weighted by Crippen LogP contribution is -2.42. The summed E-state index contributed by atoms with van der Waals surface area (Å²) < 4.78 is 24.9. The second-order valence-corrected chi connectivity index (χ2v) is 7.38. The molecule has 1 N–H and O–H groups in total. The van der Waals surface area contributed by atoms with Crippen molar-refractivity contribution in [3.05, 3.63) is 71.0 Å². The first-order valence-electron chi connectivity index (χ1n) is 9.16. The zero-order valence-corrected chi connectivity index (χ0v) is 16.6. The molecule has 150 valence electrons. The zero-order valence-electron chi connectivity index (χ0n) is 15.8. The fourth-order valence-corrected chi connectivity index (χ4v) is 3.85. The van der Waals surface area contributed by atoms with E-state index >= 15 is 0 Å². The number of nitrogens with zero attached hydrogens (tertiary/aromatic N) is 2. The molecule has 2 aromatic carbocycles. The summed E-state index contributed by atoms with van der Waals surface area (Å²) >= 11 is 1.35. The number of hydrogen-bond donors (Lipinski definition) is 1.